The van der Waals surface area contributed by atoms with E-state index in [1.54, 1.807) is 24.3 Å². The molecule has 0 aliphatic rings. The monoisotopic (exact) mass is 372 g/mol. The highest BCUT2D eigenvalue weighted by atomic mass is 79.9. The van der Waals surface area contributed by atoms with Gasteiger partial charge >= 0.3 is 0 Å². The van der Waals surface area contributed by atoms with Gasteiger partial charge < -0.3 is 0 Å². The van der Waals surface area contributed by atoms with Crippen LogP contribution in [-0.4, -0.2) is 15.2 Å². The Balaban J connectivity index is 2.26. The number of ketones is 1. The van der Waals surface area contributed by atoms with Crippen LogP contribution in [0.25, 0.3) is 0 Å². The van der Waals surface area contributed by atoms with Gasteiger partial charge in [-0.2, -0.15) is 0 Å². The highest BCUT2D eigenvalue weighted by Gasteiger charge is 2.25. The van der Waals surface area contributed by atoms with Crippen molar-refractivity contribution in [2.75, 3.05) is 0 Å². The molecule has 2 atom stereocenters. The van der Waals surface area contributed by atoms with Gasteiger partial charge in [-0.3, -0.25) is 9.00 Å². The summed E-state index contributed by atoms with van der Waals surface area (Å²) in [4.78, 5) is 12.7. The summed E-state index contributed by atoms with van der Waals surface area (Å²) in [5.41, 5.74) is -0.255. The van der Waals surface area contributed by atoms with E-state index in [0.717, 1.165) is 16.6 Å². The Labute approximate surface area is 131 Å². The van der Waals surface area contributed by atoms with Gasteiger partial charge in [-0.25, -0.2) is 8.78 Å². The van der Waals surface area contributed by atoms with Crippen molar-refractivity contribution in [3.8, 4) is 0 Å². The van der Waals surface area contributed by atoms with Crippen molar-refractivity contribution >= 4 is 32.5 Å². The van der Waals surface area contributed by atoms with Crippen molar-refractivity contribution in [2.24, 2.45) is 0 Å². The molecule has 0 N–H and O–H groups in total. The van der Waals surface area contributed by atoms with Crippen LogP contribution in [0, 0.1) is 11.6 Å². The zero-order valence-electron chi connectivity index (χ0n) is 11.0. The van der Waals surface area contributed by atoms with Gasteiger partial charge in [-0.15, -0.1) is 0 Å². The third-order valence-electron chi connectivity index (χ3n) is 2.93. The molecule has 0 saturated heterocycles. The molecule has 110 valence electrons. The largest absolute Gasteiger partial charge is 0.293 e. The molecule has 6 heteroatoms. The summed E-state index contributed by atoms with van der Waals surface area (Å²) in [6.07, 6.45) is 0. The molecule has 0 bridgehead atoms. The predicted octanol–water partition coefficient (Wildman–Crippen LogP) is 4.11. The van der Waals surface area contributed by atoms with Crippen LogP contribution in [0.2, 0.25) is 0 Å². The summed E-state index contributed by atoms with van der Waals surface area (Å²) >= 11 is 3.26. The Morgan fingerprint density at radius 2 is 1.76 bits per heavy atom. The van der Waals surface area contributed by atoms with Gasteiger partial charge in [0.15, 0.2) is 5.78 Å². The van der Waals surface area contributed by atoms with Gasteiger partial charge in [0.1, 0.15) is 11.6 Å². The van der Waals surface area contributed by atoms with E-state index < -0.39 is 33.5 Å². The molecule has 2 unspecified atom stereocenters. The fraction of sp³-hybridized carbons (Fsp3) is 0.133. The molecule has 2 rings (SSSR count). The maximum absolute atomic E-state index is 13.6. The average Bonchev–Trinajstić information content (AvgIpc) is 2.46. The standard InChI is InChI=1S/C15H11BrF2O2S/c1-9(21(20)12-5-2-10(16)3-6-12)15(19)13-7-4-11(17)8-14(13)18/h2-9H,1H3. The van der Waals surface area contributed by atoms with Crippen LogP contribution in [0.1, 0.15) is 17.3 Å². The molecular formula is C15H11BrF2O2S. The summed E-state index contributed by atoms with van der Waals surface area (Å²) in [5.74, 6) is -2.32. The number of benzene rings is 2. The van der Waals surface area contributed by atoms with E-state index in [-0.39, 0.29) is 5.56 Å². The number of rotatable bonds is 4. The third kappa shape index (κ3) is 3.63. The molecular weight excluding hydrogens is 362 g/mol. The lowest BCUT2D eigenvalue weighted by Crippen LogP contribution is -2.23. The van der Waals surface area contributed by atoms with Crippen molar-refractivity contribution in [2.45, 2.75) is 17.1 Å². The number of Topliss-reactive ketones (excluding diaryl/α,β-unsaturated/α-hetero) is 1. The first-order valence-electron chi connectivity index (χ1n) is 6.05. The lowest BCUT2D eigenvalue weighted by Gasteiger charge is -2.11. The molecule has 2 aromatic carbocycles. The zero-order valence-corrected chi connectivity index (χ0v) is 13.4. The summed E-state index contributed by atoms with van der Waals surface area (Å²) in [6, 6.07) is 9.40. The Hall–Kier alpha value is -1.40. The SMILES string of the molecule is CC(C(=O)c1ccc(F)cc1F)S(=O)c1ccc(Br)cc1. The van der Waals surface area contributed by atoms with E-state index in [9.17, 15) is 17.8 Å². The molecule has 0 saturated carbocycles. The van der Waals surface area contributed by atoms with Gasteiger partial charge in [0.25, 0.3) is 0 Å². The Bertz CT molecular complexity index is 701. The van der Waals surface area contributed by atoms with Crippen molar-refractivity contribution in [1.29, 1.82) is 0 Å². The van der Waals surface area contributed by atoms with Crippen LogP contribution in [-0.2, 0) is 10.8 Å². The Kier molecular flexibility index (Phi) is 5.00. The van der Waals surface area contributed by atoms with Gasteiger partial charge in [-0.1, -0.05) is 15.9 Å². The fourth-order valence-corrected chi connectivity index (χ4v) is 3.18. The molecule has 21 heavy (non-hydrogen) atoms. The number of hydrogen-bond acceptors (Lipinski definition) is 2. The highest BCUT2D eigenvalue weighted by molar-refractivity contribution is 9.10. The van der Waals surface area contributed by atoms with Gasteiger partial charge in [0, 0.05) is 15.4 Å². The van der Waals surface area contributed by atoms with E-state index in [0.29, 0.717) is 11.0 Å². The Morgan fingerprint density at radius 1 is 1.14 bits per heavy atom. The van der Waals surface area contributed by atoms with E-state index in [2.05, 4.69) is 15.9 Å². The molecule has 0 amide bonds. The number of carbonyl (C=O) groups excluding carboxylic acids is 1. The molecule has 2 nitrogen and oxygen atoms in total. The zero-order chi connectivity index (χ0) is 15.6. The minimum Gasteiger partial charge on any atom is -0.293 e. The molecule has 2 aromatic rings. The molecule has 0 radical (unpaired) electrons. The maximum atomic E-state index is 13.6. The van der Waals surface area contributed by atoms with E-state index >= 15 is 0 Å². The van der Waals surface area contributed by atoms with Crippen LogP contribution in [0.5, 0.6) is 0 Å². The molecule has 0 spiro atoms. The van der Waals surface area contributed by atoms with E-state index in [4.69, 9.17) is 0 Å². The van der Waals surface area contributed by atoms with E-state index in [1.807, 2.05) is 0 Å². The van der Waals surface area contributed by atoms with Crippen LogP contribution in [0.4, 0.5) is 8.78 Å². The predicted molar refractivity (Wildman–Crippen MR) is 80.7 cm³/mol. The summed E-state index contributed by atoms with van der Waals surface area (Å²) < 4.78 is 39.6. The normalized spacial score (nSPS) is 13.7. The minimum absolute atomic E-state index is 0.255. The summed E-state index contributed by atoms with van der Waals surface area (Å²) in [7, 11) is -1.61. The quantitative estimate of drug-likeness (QED) is 0.756. The summed E-state index contributed by atoms with van der Waals surface area (Å²) in [6.45, 7) is 1.46. The number of carbonyl (C=O) groups is 1. The fourth-order valence-electron chi connectivity index (χ4n) is 1.78. The van der Waals surface area contributed by atoms with Crippen LogP contribution in [0.3, 0.4) is 0 Å². The Morgan fingerprint density at radius 3 is 2.33 bits per heavy atom. The molecule has 0 heterocycles. The number of halogens is 3. The first-order chi connectivity index (χ1) is 9.90. The van der Waals surface area contributed by atoms with Crippen molar-refractivity contribution in [3.63, 3.8) is 0 Å². The topological polar surface area (TPSA) is 34.1 Å². The van der Waals surface area contributed by atoms with Crippen molar-refractivity contribution in [1.82, 2.24) is 0 Å². The lowest BCUT2D eigenvalue weighted by atomic mass is 10.1. The lowest BCUT2D eigenvalue weighted by molar-refractivity contribution is 0.0988. The number of hydrogen-bond donors (Lipinski definition) is 0. The van der Waals surface area contributed by atoms with Gasteiger partial charge in [0.05, 0.1) is 21.6 Å². The molecule has 0 fully saturated rings. The molecule has 0 aliphatic heterocycles. The molecule has 0 aliphatic carbocycles. The van der Waals surface area contributed by atoms with Crippen LogP contribution in [0.15, 0.2) is 51.8 Å². The second-order valence-electron chi connectivity index (χ2n) is 4.38. The van der Waals surface area contributed by atoms with E-state index in [1.165, 1.54) is 6.92 Å². The van der Waals surface area contributed by atoms with Gasteiger partial charge in [0.2, 0.25) is 0 Å². The van der Waals surface area contributed by atoms with Crippen molar-refractivity contribution in [3.05, 3.63) is 64.1 Å². The van der Waals surface area contributed by atoms with Crippen LogP contribution < -0.4 is 0 Å². The van der Waals surface area contributed by atoms with Crippen molar-refractivity contribution < 1.29 is 17.8 Å². The average molecular weight is 373 g/mol. The van der Waals surface area contributed by atoms with Gasteiger partial charge in [-0.05, 0) is 43.3 Å². The third-order valence-corrected chi connectivity index (χ3v) is 5.05. The second kappa shape index (κ2) is 6.58. The summed E-state index contributed by atoms with van der Waals surface area (Å²) in [5, 5.41) is -0.925. The first kappa shape index (κ1) is 16.0. The smallest absolute Gasteiger partial charge is 0.181 e. The van der Waals surface area contributed by atoms with Crippen LogP contribution >= 0.6 is 15.9 Å². The molecule has 0 aromatic heterocycles. The maximum Gasteiger partial charge on any atom is 0.181 e. The minimum atomic E-state index is -1.61. The first-order valence-corrected chi connectivity index (χ1v) is 8.06. The second-order valence-corrected chi connectivity index (χ2v) is 7.07. The highest BCUT2D eigenvalue weighted by Crippen LogP contribution is 2.19.